The molecular formula is C20H24N4O3S. The van der Waals surface area contributed by atoms with Gasteiger partial charge in [-0.3, -0.25) is 9.36 Å². The SMILES string of the molecule is C[C@@H]1CCCN1C(=O)c1ncn2c1CN(CC1CC1)S(=O)(=O)c1ccccc1-2. The number of amides is 1. The molecule has 0 unspecified atom stereocenters. The molecule has 1 atom stereocenters. The van der Waals surface area contributed by atoms with Crippen molar-refractivity contribution in [1.29, 1.82) is 0 Å². The fraction of sp³-hybridized carbons (Fsp3) is 0.500. The van der Waals surface area contributed by atoms with E-state index in [2.05, 4.69) is 11.9 Å². The van der Waals surface area contributed by atoms with Crippen LogP contribution in [0.25, 0.3) is 5.69 Å². The lowest BCUT2D eigenvalue weighted by Crippen LogP contribution is -2.36. The maximum atomic E-state index is 13.3. The molecule has 0 N–H and O–H groups in total. The van der Waals surface area contributed by atoms with Gasteiger partial charge in [-0.2, -0.15) is 4.31 Å². The van der Waals surface area contributed by atoms with Gasteiger partial charge in [0.15, 0.2) is 5.69 Å². The summed E-state index contributed by atoms with van der Waals surface area (Å²) in [6.07, 6.45) is 5.70. The highest BCUT2D eigenvalue weighted by Gasteiger charge is 2.39. The van der Waals surface area contributed by atoms with Gasteiger partial charge in [0, 0.05) is 19.1 Å². The summed E-state index contributed by atoms with van der Waals surface area (Å²) in [5.41, 5.74) is 1.61. The number of carbonyl (C=O) groups excluding carboxylic acids is 1. The quantitative estimate of drug-likeness (QED) is 0.793. The minimum absolute atomic E-state index is 0.0955. The zero-order chi connectivity index (χ0) is 19.5. The first kappa shape index (κ1) is 17.9. The lowest BCUT2D eigenvalue weighted by atomic mass is 10.2. The second-order valence-corrected chi connectivity index (χ2v) is 10.0. The summed E-state index contributed by atoms with van der Waals surface area (Å²) < 4.78 is 30.0. The van der Waals surface area contributed by atoms with Crippen molar-refractivity contribution in [2.24, 2.45) is 5.92 Å². The van der Waals surface area contributed by atoms with Crippen LogP contribution in [0.5, 0.6) is 0 Å². The fourth-order valence-corrected chi connectivity index (χ4v) is 5.96. The normalized spacial score (nSPS) is 23.9. The van der Waals surface area contributed by atoms with Crippen molar-refractivity contribution < 1.29 is 13.2 Å². The monoisotopic (exact) mass is 400 g/mol. The van der Waals surface area contributed by atoms with Gasteiger partial charge in [0.25, 0.3) is 5.91 Å². The predicted octanol–water partition coefficient (Wildman–Crippen LogP) is 2.41. The molecule has 8 heteroatoms. The minimum Gasteiger partial charge on any atom is -0.335 e. The van der Waals surface area contributed by atoms with Gasteiger partial charge in [-0.15, -0.1) is 0 Å². The van der Waals surface area contributed by atoms with Crippen molar-refractivity contribution in [3.8, 4) is 5.69 Å². The Morgan fingerprint density at radius 2 is 2.00 bits per heavy atom. The highest BCUT2D eigenvalue weighted by Crippen LogP contribution is 2.36. The number of rotatable bonds is 3. The van der Waals surface area contributed by atoms with Gasteiger partial charge in [0.05, 0.1) is 17.9 Å². The number of likely N-dealkylation sites (tertiary alicyclic amines) is 1. The first-order chi connectivity index (χ1) is 13.5. The molecule has 1 aromatic carbocycles. The van der Waals surface area contributed by atoms with E-state index in [0.29, 0.717) is 29.5 Å². The topological polar surface area (TPSA) is 75.5 Å². The molecule has 1 aromatic heterocycles. The van der Waals surface area contributed by atoms with Crippen LogP contribution >= 0.6 is 0 Å². The molecule has 2 aromatic rings. The van der Waals surface area contributed by atoms with E-state index in [0.717, 1.165) is 32.2 Å². The van der Waals surface area contributed by atoms with Crippen molar-refractivity contribution in [3.05, 3.63) is 42.0 Å². The first-order valence-electron chi connectivity index (χ1n) is 9.93. The fourth-order valence-electron chi connectivity index (χ4n) is 4.30. The van der Waals surface area contributed by atoms with Gasteiger partial charge in [-0.05, 0) is 50.7 Å². The number of hydrogen-bond donors (Lipinski definition) is 0. The van der Waals surface area contributed by atoms with Crippen LogP contribution < -0.4 is 0 Å². The third-order valence-electron chi connectivity index (χ3n) is 6.11. The molecule has 1 amide bonds. The van der Waals surface area contributed by atoms with E-state index in [1.165, 1.54) is 4.31 Å². The second kappa shape index (κ2) is 6.42. The molecule has 5 rings (SSSR count). The Kier molecular flexibility index (Phi) is 4.10. The van der Waals surface area contributed by atoms with E-state index in [4.69, 9.17) is 0 Å². The molecular weight excluding hydrogens is 376 g/mol. The molecule has 28 heavy (non-hydrogen) atoms. The van der Waals surface area contributed by atoms with Crippen molar-refractivity contribution in [3.63, 3.8) is 0 Å². The number of sulfonamides is 1. The molecule has 1 aliphatic carbocycles. The smallest absolute Gasteiger partial charge is 0.274 e. The van der Waals surface area contributed by atoms with Gasteiger partial charge < -0.3 is 4.90 Å². The molecule has 3 heterocycles. The molecule has 1 saturated heterocycles. The summed E-state index contributed by atoms with van der Waals surface area (Å²) in [7, 11) is -3.62. The molecule has 0 radical (unpaired) electrons. The Balaban J connectivity index is 1.64. The molecule has 3 aliphatic rings. The molecule has 2 aliphatic heterocycles. The number of aromatic nitrogens is 2. The molecule has 0 spiro atoms. The van der Waals surface area contributed by atoms with E-state index in [1.54, 1.807) is 29.1 Å². The number of hydrogen-bond acceptors (Lipinski definition) is 4. The Labute approximate surface area is 165 Å². The van der Waals surface area contributed by atoms with Crippen LogP contribution in [0, 0.1) is 5.92 Å². The second-order valence-electron chi connectivity index (χ2n) is 8.11. The number of nitrogens with zero attached hydrogens (tertiary/aromatic N) is 4. The summed E-state index contributed by atoms with van der Waals surface area (Å²) in [6.45, 7) is 3.46. The van der Waals surface area contributed by atoms with Crippen molar-refractivity contribution >= 4 is 15.9 Å². The van der Waals surface area contributed by atoms with Gasteiger partial charge >= 0.3 is 0 Å². The summed E-state index contributed by atoms with van der Waals surface area (Å²) in [5, 5.41) is 0. The van der Waals surface area contributed by atoms with Crippen LogP contribution in [0.3, 0.4) is 0 Å². The lowest BCUT2D eigenvalue weighted by Gasteiger charge is -2.22. The minimum atomic E-state index is -3.62. The van der Waals surface area contributed by atoms with E-state index in [9.17, 15) is 13.2 Å². The highest BCUT2D eigenvalue weighted by molar-refractivity contribution is 7.89. The molecule has 148 valence electrons. The van der Waals surface area contributed by atoms with Crippen molar-refractivity contribution in [2.75, 3.05) is 13.1 Å². The van der Waals surface area contributed by atoms with E-state index in [1.807, 2.05) is 11.0 Å². The Morgan fingerprint density at radius 1 is 1.21 bits per heavy atom. The molecule has 2 fully saturated rings. The molecule has 7 nitrogen and oxygen atoms in total. The maximum Gasteiger partial charge on any atom is 0.274 e. The van der Waals surface area contributed by atoms with Gasteiger partial charge in [0.2, 0.25) is 10.0 Å². The van der Waals surface area contributed by atoms with E-state index in [-0.39, 0.29) is 23.4 Å². The van der Waals surface area contributed by atoms with Crippen LogP contribution in [0.4, 0.5) is 0 Å². The maximum absolute atomic E-state index is 13.3. The van der Waals surface area contributed by atoms with Crippen LogP contribution in [0.2, 0.25) is 0 Å². The van der Waals surface area contributed by atoms with Gasteiger partial charge in [0.1, 0.15) is 11.2 Å². The summed E-state index contributed by atoms with van der Waals surface area (Å²) in [5.74, 6) is 0.316. The number of benzene rings is 1. The number of imidazole rings is 1. The predicted molar refractivity (Wildman–Crippen MR) is 104 cm³/mol. The third-order valence-corrected chi connectivity index (χ3v) is 7.97. The summed E-state index contributed by atoms with van der Waals surface area (Å²) in [6, 6.07) is 7.17. The van der Waals surface area contributed by atoms with Crippen LogP contribution in [-0.2, 0) is 16.6 Å². The third kappa shape index (κ3) is 2.78. The highest BCUT2D eigenvalue weighted by atomic mass is 32.2. The Bertz CT molecular complexity index is 1040. The van der Waals surface area contributed by atoms with Crippen molar-refractivity contribution in [1.82, 2.24) is 18.8 Å². The van der Waals surface area contributed by atoms with Gasteiger partial charge in [-0.25, -0.2) is 13.4 Å². The summed E-state index contributed by atoms with van der Waals surface area (Å²) >= 11 is 0. The molecule has 1 saturated carbocycles. The number of para-hydroxylation sites is 1. The van der Waals surface area contributed by atoms with Crippen LogP contribution in [0.15, 0.2) is 35.5 Å². The zero-order valence-corrected chi connectivity index (χ0v) is 16.7. The number of carbonyl (C=O) groups is 1. The van der Waals surface area contributed by atoms with Crippen LogP contribution in [-0.4, -0.2) is 52.2 Å². The Morgan fingerprint density at radius 3 is 2.71 bits per heavy atom. The first-order valence-corrected chi connectivity index (χ1v) is 11.4. The Hall–Kier alpha value is -2.19. The standard InChI is InChI=1S/C20H24N4O3S/c1-14-5-4-10-23(14)20(25)19-17-12-22(11-15-8-9-15)28(26,27)18-7-3-2-6-16(18)24(17)13-21-19/h2-3,6-7,13-15H,4-5,8-12H2,1H3/t14-/m1/s1. The zero-order valence-electron chi connectivity index (χ0n) is 15.9. The van der Waals surface area contributed by atoms with E-state index < -0.39 is 10.0 Å². The molecule has 0 bridgehead atoms. The average Bonchev–Trinajstić information content (AvgIpc) is 3.26. The summed E-state index contributed by atoms with van der Waals surface area (Å²) in [4.78, 5) is 19.8. The van der Waals surface area contributed by atoms with Gasteiger partial charge in [-0.1, -0.05) is 12.1 Å². The van der Waals surface area contributed by atoms with Crippen LogP contribution in [0.1, 0.15) is 48.8 Å². The lowest BCUT2D eigenvalue weighted by molar-refractivity contribution is 0.0740. The average molecular weight is 401 g/mol. The van der Waals surface area contributed by atoms with E-state index >= 15 is 0 Å². The van der Waals surface area contributed by atoms with Crippen molar-refractivity contribution in [2.45, 2.75) is 50.1 Å². The number of fused-ring (bicyclic) bond motifs is 3. The largest absolute Gasteiger partial charge is 0.335 e.